The number of carbonyl (C=O) groups is 1. The maximum absolute atomic E-state index is 11.0. The van der Waals surface area contributed by atoms with E-state index in [2.05, 4.69) is 17.9 Å². The molecule has 3 nitrogen and oxygen atoms in total. The Morgan fingerprint density at radius 2 is 1.94 bits per heavy atom. The summed E-state index contributed by atoms with van der Waals surface area (Å²) in [6.45, 7) is 6.46. The van der Waals surface area contributed by atoms with Gasteiger partial charge in [-0.05, 0) is 44.0 Å². The van der Waals surface area contributed by atoms with Crippen molar-refractivity contribution in [1.82, 2.24) is 0 Å². The number of hydrogen-bond donors (Lipinski definition) is 0. The first kappa shape index (κ1) is 13.6. The molecule has 0 heterocycles. The van der Waals surface area contributed by atoms with Crippen LogP contribution in [0.25, 0.3) is 0 Å². The molecule has 1 rings (SSSR count). The van der Waals surface area contributed by atoms with E-state index in [0.717, 1.165) is 23.5 Å². The zero-order valence-electron chi connectivity index (χ0n) is 11.3. The quantitative estimate of drug-likeness (QED) is 0.786. The predicted molar refractivity (Wildman–Crippen MR) is 71.0 cm³/mol. The van der Waals surface area contributed by atoms with Crippen LogP contribution in [0.3, 0.4) is 0 Å². The van der Waals surface area contributed by atoms with Gasteiger partial charge in [-0.15, -0.1) is 0 Å². The van der Waals surface area contributed by atoms with E-state index in [1.54, 1.807) is 14.0 Å². The number of nitrogens with zero attached hydrogens (tertiary/aromatic N) is 1. The molecule has 1 aromatic rings. The lowest BCUT2D eigenvalue weighted by molar-refractivity contribution is -0.116. The van der Waals surface area contributed by atoms with Crippen LogP contribution in [0.4, 0.5) is 5.69 Å². The molecule has 0 bridgehead atoms. The van der Waals surface area contributed by atoms with Gasteiger partial charge in [0.1, 0.15) is 11.5 Å². The highest BCUT2D eigenvalue weighted by Crippen LogP contribution is 2.28. The molecule has 0 saturated carbocycles. The highest BCUT2D eigenvalue weighted by atomic mass is 16.5. The smallest absolute Gasteiger partial charge is 0.131 e. The summed E-state index contributed by atoms with van der Waals surface area (Å²) in [5, 5.41) is 0. The molecule has 0 fully saturated rings. The molecular weight excluding hydrogens is 214 g/mol. The fraction of sp³-hybridized carbons (Fsp3) is 0.500. The van der Waals surface area contributed by atoms with E-state index >= 15 is 0 Å². The van der Waals surface area contributed by atoms with E-state index in [0.29, 0.717) is 6.42 Å². The third kappa shape index (κ3) is 3.48. The van der Waals surface area contributed by atoms with Crippen LogP contribution < -0.4 is 9.64 Å². The van der Waals surface area contributed by atoms with Crippen LogP contribution in [-0.2, 0) is 4.79 Å². The summed E-state index contributed by atoms with van der Waals surface area (Å²) in [7, 11) is 3.69. The second-order valence-electron chi connectivity index (χ2n) is 4.48. The Hall–Kier alpha value is -1.51. The summed E-state index contributed by atoms with van der Waals surface area (Å²) in [6.07, 6.45) is 0.584. The van der Waals surface area contributed by atoms with E-state index in [-0.39, 0.29) is 5.78 Å². The monoisotopic (exact) mass is 235 g/mol. The van der Waals surface area contributed by atoms with Gasteiger partial charge in [0.05, 0.1) is 7.11 Å². The average molecular weight is 235 g/mol. The highest BCUT2D eigenvalue weighted by molar-refractivity contribution is 5.76. The van der Waals surface area contributed by atoms with E-state index < -0.39 is 0 Å². The fourth-order valence-electron chi connectivity index (χ4n) is 1.85. The molecule has 0 unspecified atom stereocenters. The molecular formula is C14H21NO2. The van der Waals surface area contributed by atoms with Gasteiger partial charge in [-0.1, -0.05) is 0 Å². The van der Waals surface area contributed by atoms with Crippen molar-refractivity contribution in [2.45, 2.75) is 27.2 Å². The molecule has 0 atom stereocenters. The number of carbonyl (C=O) groups excluding carboxylic acids is 1. The number of aryl methyl sites for hydroxylation is 2. The SMILES string of the molecule is COc1cc(C)c(N(C)CCC(C)=O)cc1C. The molecule has 0 saturated heterocycles. The van der Waals surface area contributed by atoms with Gasteiger partial charge in [-0.3, -0.25) is 4.79 Å². The number of hydrogen-bond acceptors (Lipinski definition) is 3. The molecule has 0 amide bonds. The first-order valence-electron chi connectivity index (χ1n) is 5.81. The normalized spacial score (nSPS) is 10.2. The predicted octanol–water partition coefficient (Wildman–Crippen LogP) is 2.73. The van der Waals surface area contributed by atoms with Gasteiger partial charge >= 0.3 is 0 Å². The number of ether oxygens (including phenoxy) is 1. The van der Waals surface area contributed by atoms with Crippen LogP contribution in [0.2, 0.25) is 0 Å². The topological polar surface area (TPSA) is 29.5 Å². The van der Waals surface area contributed by atoms with Crippen molar-refractivity contribution >= 4 is 11.5 Å². The van der Waals surface area contributed by atoms with E-state index in [9.17, 15) is 4.79 Å². The van der Waals surface area contributed by atoms with Gasteiger partial charge in [0.25, 0.3) is 0 Å². The molecule has 0 aliphatic rings. The van der Waals surface area contributed by atoms with Crippen molar-refractivity contribution in [3.05, 3.63) is 23.3 Å². The van der Waals surface area contributed by atoms with Gasteiger partial charge in [0.2, 0.25) is 0 Å². The fourth-order valence-corrected chi connectivity index (χ4v) is 1.85. The Labute approximate surface area is 103 Å². The van der Waals surface area contributed by atoms with Crippen LogP contribution in [0.5, 0.6) is 5.75 Å². The van der Waals surface area contributed by atoms with Crippen molar-refractivity contribution in [1.29, 1.82) is 0 Å². The molecule has 17 heavy (non-hydrogen) atoms. The lowest BCUT2D eigenvalue weighted by atomic mass is 10.1. The van der Waals surface area contributed by atoms with Crippen molar-refractivity contribution in [2.24, 2.45) is 0 Å². The number of ketones is 1. The molecule has 0 aliphatic heterocycles. The van der Waals surface area contributed by atoms with Crippen molar-refractivity contribution in [3.8, 4) is 5.75 Å². The summed E-state index contributed by atoms with van der Waals surface area (Å²) in [4.78, 5) is 13.1. The molecule has 0 aromatic heterocycles. The Morgan fingerprint density at radius 3 is 2.47 bits per heavy atom. The Morgan fingerprint density at radius 1 is 1.29 bits per heavy atom. The maximum Gasteiger partial charge on any atom is 0.131 e. The lowest BCUT2D eigenvalue weighted by Crippen LogP contribution is -2.21. The summed E-state index contributed by atoms with van der Waals surface area (Å²) in [5.74, 6) is 1.13. The van der Waals surface area contributed by atoms with Crippen LogP contribution in [0, 0.1) is 13.8 Å². The highest BCUT2D eigenvalue weighted by Gasteiger charge is 2.09. The summed E-state index contributed by atoms with van der Waals surface area (Å²) < 4.78 is 5.29. The van der Waals surface area contributed by atoms with E-state index in [4.69, 9.17) is 4.74 Å². The zero-order valence-corrected chi connectivity index (χ0v) is 11.3. The molecule has 1 aromatic carbocycles. The molecule has 3 heteroatoms. The van der Waals surface area contributed by atoms with Crippen LogP contribution in [0.15, 0.2) is 12.1 Å². The standard InChI is InChI=1S/C14H21NO2/c1-10-9-14(17-5)11(2)8-13(10)15(4)7-6-12(3)16/h8-9H,6-7H2,1-5H3. The second kappa shape index (κ2) is 5.71. The van der Waals surface area contributed by atoms with E-state index in [1.165, 1.54) is 5.56 Å². The van der Waals surface area contributed by atoms with Crippen LogP contribution in [-0.4, -0.2) is 26.5 Å². The van der Waals surface area contributed by atoms with Crippen molar-refractivity contribution in [3.63, 3.8) is 0 Å². The number of rotatable bonds is 5. The lowest BCUT2D eigenvalue weighted by Gasteiger charge is -2.22. The molecule has 0 spiro atoms. The second-order valence-corrected chi connectivity index (χ2v) is 4.48. The van der Waals surface area contributed by atoms with Crippen molar-refractivity contribution in [2.75, 3.05) is 25.6 Å². The third-order valence-electron chi connectivity index (χ3n) is 2.92. The minimum absolute atomic E-state index is 0.222. The third-order valence-corrected chi connectivity index (χ3v) is 2.92. The van der Waals surface area contributed by atoms with Crippen LogP contribution >= 0.6 is 0 Å². The largest absolute Gasteiger partial charge is 0.496 e. The first-order chi connectivity index (χ1) is 7.95. The number of Topliss-reactive ketones (excluding diaryl/α,β-unsaturated/α-hetero) is 1. The van der Waals surface area contributed by atoms with Gasteiger partial charge in [0.15, 0.2) is 0 Å². The molecule has 0 aliphatic carbocycles. The van der Waals surface area contributed by atoms with Gasteiger partial charge < -0.3 is 9.64 Å². The molecule has 0 radical (unpaired) electrons. The molecule has 94 valence electrons. The average Bonchev–Trinajstić information content (AvgIpc) is 2.28. The maximum atomic E-state index is 11.0. The first-order valence-corrected chi connectivity index (χ1v) is 5.81. The molecule has 0 N–H and O–H groups in total. The minimum Gasteiger partial charge on any atom is -0.496 e. The van der Waals surface area contributed by atoms with Gasteiger partial charge in [-0.25, -0.2) is 0 Å². The summed E-state index contributed by atoms with van der Waals surface area (Å²) >= 11 is 0. The number of anilines is 1. The van der Waals surface area contributed by atoms with E-state index in [1.807, 2.05) is 20.0 Å². The number of benzene rings is 1. The van der Waals surface area contributed by atoms with Crippen LogP contribution in [0.1, 0.15) is 24.5 Å². The minimum atomic E-state index is 0.222. The Kier molecular flexibility index (Phi) is 4.55. The van der Waals surface area contributed by atoms with Gasteiger partial charge in [-0.2, -0.15) is 0 Å². The summed E-state index contributed by atoms with van der Waals surface area (Å²) in [6, 6.07) is 4.14. The summed E-state index contributed by atoms with van der Waals surface area (Å²) in [5.41, 5.74) is 3.44. The van der Waals surface area contributed by atoms with Crippen molar-refractivity contribution < 1.29 is 9.53 Å². The van der Waals surface area contributed by atoms with Gasteiger partial charge in [0, 0.05) is 25.7 Å². The Bertz CT molecular complexity index is 413. The number of methoxy groups -OCH3 is 1. The zero-order chi connectivity index (χ0) is 13.0. The Balaban J connectivity index is 2.90.